The standard InChI is InChI=1S/C14H10BrF4NO3/c1-14(2,3)23-13(22)5(4-20)12(21)6-8(16)10(18)7(15)11(19)9(6)17/h5H,1-3H3. The lowest BCUT2D eigenvalue weighted by molar-refractivity contribution is -0.156. The molecule has 0 aliphatic rings. The molecule has 0 bridgehead atoms. The molecule has 0 amide bonds. The van der Waals surface area contributed by atoms with Gasteiger partial charge in [-0.3, -0.25) is 9.59 Å². The number of carbonyl (C=O) groups is 2. The Morgan fingerprint density at radius 1 is 1.09 bits per heavy atom. The molecule has 0 saturated heterocycles. The third-order valence-corrected chi connectivity index (χ3v) is 3.19. The monoisotopic (exact) mass is 395 g/mol. The molecule has 0 aliphatic heterocycles. The molecule has 1 aromatic rings. The zero-order chi connectivity index (χ0) is 18.1. The number of halogens is 5. The Labute approximate surface area is 137 Å². The number of nitriles is 1. The van der Waals surface area contributed by atoms with Gasteiger partial charge in [0.2, 0.25) is 5.92 Å². The first-order chi connectivity index (χ1) is 10.4. The lowest BCUT2D eigenvalue weighted by atomic mass is 9.97. The number of nitrogens with zero attached hydrogens (tertiary/aromatic N) is 1. The van der Waals surface area contributed by atoms with E-state index in [9.17, 15) is 27.2 Å². The van der Waals surface area contributed by atoms with Crippen LogP contribution < -0.4 is 0 Å². The fourth-order valence-electron chi connectivity index (χ4n) is 1.54. The normalized spacial score (nSPS) is 12.5. The van der Waals surface area contributed by atoms with Gasteiger partial charge >= 0.3 is 5.97 Å². The molecule has 1 atom stereocenters. The van der Waals surface area contributed by atoms with Crippen LogP contribution in [0.25, 0.3) is 0 Å². The lowest BCUT2D eigenvalue weighted by Gasteiger charge is -2.21. The lowest BCUT2D eigenvalue weighted by Crippen LogP contribution is -2.33. The van der Waals surface area contributed by atoms with Crippen molar-refractivity contribution in [1.29, 1.82) is 5.26 Å². The average Bonchev–Trinajstić information content (AvgIpc) is 2.42. The summed E-state index contributed by atoms with van der Waals surface area (Å²) < 4.78 is 58.0. The van der Waals surface area contributed by atoms with Crippen molar-refractivity contribution in [2.75, 3.05) is 0 Å². The van der Waals surface area contributed by atoms with E-state index in [2.05, 4.69) is 15.9 Å². The van der Waals surface area contributed by atoms with Gasteiger partial charge in [-0.2, -0.15) is 5.26 Å². The number of rotatable bonds is 3. The summed E-state index contributed by atoms with van der Waals surface area (Å²) in [5.74, 6) is -13.1. The van der Waals surface area contributed by atoms with Crippen LogP contribution in [0.3, 0.4) is 0 Å². The number of benzene rings is 1. The van der Waals surface area contributed by atoms with Crippen LogP contribution in [-0.2, 0) is 9.53 Å². The van der Waals surface area contributed by atoms with E-state index in [-0.39, 0.29) is 0 Å². The van der Waals surface area contributed by atoms with E-state index >= 15 is 0 Å². The Hall–Kier alpha value is -1.95. The summed E-state index contributed by atoms with van der Waals surface area (Å²) in [7, 11) is 0. The van der Waals surface area contributed by atoms with Gasteiger partial charge in [-0.1, -0.05) is 0 Å². The van der Waals surface area contributed by atoms with E-state index < -0.39 is 56.6 Å². The quantitative estimate of drug-likeness (QED) is 0.195. The summed E-state index contributed by atoms with van der Waals surface area (Å²) in [6, 6.07) is 1.22. The molecule has 1 unspecified atom stereocenters. The molecule has 23 heavy (non-hydrogen) atoms. The fraction of sp³-hybridized carbons (Fsp3) is 0.357. The maximum absolute atomic E-state index is 13.8. The minimum atomic E-state index is -2.27. The van der Waals surface area contributed by atoms with Crippen LogP contribution in [0.1, 0.15) is 31.1 Å². The molecule has 0 heterocycles. The topological polar surface area (TPSA) is 67.2 Å². The number of hydrogen-bond acceptors (Lipinski definition) is 4. The van der Waals surface area contributed by atoms with E-state index in [0.717, 1.165) is 0 Å². The first kappa shape index (κ1) is 19.1. The molecule has 0 saturated carbocycles. The zero-order valence-electron chi connectivity index (χ0n) is 12.1. The Morgan fingerprint density at radius 2 is 1.52 bits per heavy atom. The van der Waals surface area contributed by atoms with Crippen LogP contribution in [0.4, 0.5) is 17.6 Å². The van der Waals surface area contributed by atoms with Crippen molar-refractivity contribution in [1.82, 2.24) is 0 Å². The molecular weight excluding hydrogens is 386 g/mol. The number of ether oxygens (including phenoxy) is 1. The minimum absolute atomic E-state index is 1.08. The molecule has 0 spiro atoms. The van der Waals surface area contributed by atoms with Gasteiger partial charge in [0, 0.05) is 0 Å². The van der Waals surface area contributed by atoms with Crippen molar-refractivity contribution in [2.45, 2.75) is 26.4 Å². The van der Waals surface area contributed by atoms with Crippen LogP contribution >= 0.6 is 15.9 Å². The predicted molar refractivity (Wildman–Crippen MR) is 73.3 cm³/mol. The number of Topliss-reactive ketones (excluding diaryl/α,β-unsaturated/α-hetero) is 1. The number of esters is 1. The molecule has 1 aromatic carbocycles. The van der Waals surface area contributed by atoms with E-state index in [4.69, 9.17) is 10.00 Å². The molecule has 9 heteroatoms. The molecule has 0 radical (unpaired) electrons. The summed E-state index contributed by atoms with van der Waals surface area (Å²) in [5.41, 5.74) is -2.74. The van der Waals surface area contributed by atoms with Gasteiger partial charge in [0.1, 0.15) is 5.60 Å². The van der Waals surface area contributed by atoms with Crippen molar-refractivity contribution in [2.24, 2.45) is 5.92 Å². The van der Waals surface area contributed by atoms with Gasteiger partial charge < -0.3 is 4.74 Å². The molecule has 0 N–H and O–H groups in total. The van der Waals surface area contributed by atoms with Gasteiger partial charge in [0.05, 0.1) is 16.1 Å². The second kappa shape index (κ2) is 6.66. The van der Waals surface area contributed by atoms with Crippen LogP contribution in [0, 0.1) is 40.5 Å². The molecule has 0 fully saturated rings. The Balaban J connectivity index is 3.39. The summed E-state index contributed by atoms with van der Waals surface area (Å²) in [6.45, 7) is 4.30. The molecule has 4 nitrogen and oxygen atoms in total. The SMILES string of the molecule is CC(C)(C)OC(=O)C(C#N)C(=O)c1c(F)c(F)c(Br)c(F)c1F. The molecule has 1 rings (SSSR count). The predicted octanol–water partition coefficient (Wildman–Crippen LogP) is 3.67. The zero-order valence-corrected chi connectivity index (χ0v) is 13.7. The Kier molecular flexibility index (Phi) is 5.53. The maximum atomic E-state index is 13.8. The van der Waals surface area contributed by atoms with Gasteiger partial charge in [-0.25, -0.2) is 17.6 Å². The van der Waals surface area contributed by atoms with Gasteiger partial charge in [0.15, 0.2) is 29.1 Å². The van der Waals surface area contributed by atoms with Crippen LogP contribution in [0.5, 0.6) is 0 Å². The number of hydrogen-bond donors (Lipinski definition) is 0. The summed E-state index contributed by atoms with van der Waals surface area (Å²) in [4.78, 5) is 23.8. The van der Waals surface area contributed by atoms with Gasteiger partial charge in [-0.05, 0) is 36.7 Å². The molecule has 0 aliphatic carbocycles. The van der Waals surface area contributed by atoms with Crippen molar-refractivity contribution < 1.29 is 31.9 Å². The average molecular weight is 396 g/mol. The van der Waals surface area contributed by atoms with Crippen LogP contribution in [0.15, 0.2) is 4.47 Å². The highest BCUT2D eigenvalue weighted by molar-refractivity contribution is 9.10. The van der Waals surface area contributed by atoms with E-state index in [1.165, 1.54) is 26.8 Å². The highest BCUT2D eigenvalue weighted by Gasteiger charge is 2.37. The van der Waals surface area contributed by atoms with E-state index in [1.54, 1.807) is 0 Å². The highest BCUT2D eigenvalue weighted by Crippen LogP contribution is 2.30. The largest absolute Gasteiger partial charge is 0.459 e. The van der Waals surface area contributed by atoms with Crippen LogP contribution in [0.2, 0.25) is 0 Å². The third kappa shape index (κ3) is 3.88. The third-order valence-electron chi connectivity index (χ3n) is 2.49. The van der Waals surface area contributed by atoms with Gasteiger partial charge in [0.25, 0.3) is 0 Å². The summed E-state index contributed by atoms with van der Waals surface area (Å²) >= 11 is 2.29. The fourth-order valence-corrected chi connectivity index (χ4v) is 1.89. The number of ketones is 1. The van der Waals surface area contributed by atoms with E-state index in [1.807, 2.05) is 0 Å². The molecule has 0 aromatic heterocycles. The summed E-state index contributed by atoms with van der Waals surface area (Å²) in [5, 5.41) is 8.89. The highest BCUT2D eigenvalue weighted by atomic mass is 79.9. The van der Waals surface area contributed by atoms with Gasteiger partial charge in [-0.15, -0.1) is 0 Å². The van der Waals surface area contributed by atoms with Crippen molar-refractivity contribution >= 4 is 27.7 Å². The Morgan fingerprint density at radius 3 is 1.87 bits per heavy atom. The maximum Gasteiger partial charge on any atom is 0.331 e. The first-order valence-corrected chi connectivity index (χ1v) is 6.89. The van der Waals surface area contributed by atoms with Crippen molar-refractivity contribution in [3.8, 4) is 6.07 Å². The summed E-state index contributed by atoms with van der Waals surface area (Å²) in [6.07, 6.45) is 0. The molecule has 124 valence electrons. The first-order valence-electron chi connectivity index (χ1n) is 6.10. The minimum Gasteiger partial charge on any atom is -0.459 e. The van der Waals surface area contributed by atoms with Crippen molar-refractivity contribution in [3.05, 3.63) is 33.3 Å². The van der Waals surface area contributed by atoms with Crippen molar-refractivity contribution in [3.63, 3.8) is 0 Å². The number of carbonyl (C=O) groups excluding carboxylic acids is 2. The molecular formula is C14H10BrF4NO3. The smallest absolute Gasteiger partial charge is 0.331 e. The second-order valence-corrected chi connectivity index (χ2v) is 6.20. The second-order valence-electron chi connectivity index (χ2n) is 5.40. The Bertz CT molecular complexity index is 693. The van der Waals surface area contributed by atoms with Crippen LogP contribution in [-0.4, -0.2) is 17.4 Å². The van der Waals surface area contributed by atoms with E-state index in [0.29, 0.717) is 0 Å².